The predicted octanol–water partition coefficient (Wildman–Crippen LogP) is 1.43. The number of carboxylic acids is 1. The van der Waals surface area contributed by atoms with E-state index in [9.17, 15) is 14.4 Å². The fraction of sp³-hybridized carbons (Fsp3) is 0.286. The first-order valence-corrected chi connectivity index (χ1v) is 9.17. The molecule has 0 heterocycles. The highest BCUT2D eigenvalue weighted by atomic mass is 16.5. The van der Waals surface area contributed by atoms with Crippen LogP contribution >= 0.6 is 0 Å². The Balaban J connectivity index is 1.57. The van der Waals surface area contributed by atoms with Crippen molar-refractivity contribution in [3.05, 3.63) is 59.2 Å². The van der Waals surface area contributed by atoms with Crippen LogP contribution in [0.5, 0.6) is 0 Å². The summed E-state index contributed by atoms with van der Waals surface area (Å²) in [7, 11) is 0. The van der Waals surface area contributed by atoms with Crippen molar-refractivity contribution in [2.24, 2.45) is 0 Å². The number of aliphatic hydroxyl groups is 1. The number of rotatable bonds is 7. The third-order valence-corrected chi connectivity index (χ3v) is 4.83. The highest BCUT2D eigenvalue weighted by Gasteiger charge is 2.24. The first kappa shape index (κ1) is 20.3. The molecule has 1 aliphatic rings. The third kappa shape index (κ3) is 4.55. The summed E-state index contributed by atoms with van der Waals surface area (Å²) < 4.78 is 5.26. The highest BCUT2D eigenvalue weighted by Crippen LogP contribution is 2.38. The molecule has 3 rings (SSSR count). The van der Waals surface area contributed by atoms with Crippen molar-refractivity contribution in [2.75, 3.05) is 6.61 Å². The van der Waals surface area contributed by atoms with E-state index in [4.69, 9.17) is 14.9 Å². The second kappa shape index (κ2) is 8.74. The van der Waals surface area contributed by atoms with Gasteiger partial charge >= 0.3 is 12.1 Å². The molecule has 0 aromatic heterocycles. The van der Waals surface area contributed by atoms with Gasteiger partial charge in [0.05, 0.1) is 6.61 Å². The lowest BCUT2D eigenvalue weighted by Crippen LogP contribution is -2.51. The van der Waals surface area contributed by atoms with Crippen molar-refractivity contribution < 1.29 is 29.3 Å². The van der Waals surface area contributed by atoms with Crippen molar-refractivity contribution in [1.29, 1.82) is 0 Å². The summed E-state index contributed by atoms with van der Waals surface area (Å²) in [6, 6.07) is 11.5. The number of fused-ring (bicyclic) bond motifs is 3. The lowest BCUT2D eigenvalue weighted by atomic mass is 10.0. The first-order chi connectivity index (χ1) is 13.9. The Kier molecular flexibility index (Phi) is 6.13. The van der Waals surface area contributed by atoms with Crippen molar-refractivity contribution in [3.8, 4) is 11.1 Å². The van der Waals surface area contributed by atoms with Gasteiger partial charge in [0.25, 0.3) is 0 Å². The second-order valence-corrected chi connectivity index (χ2v) is 6.80. The molecule has 0 unspecified atom stereocenters. The molecule has 0 radical (unpaired) electrons. The molecule has 2 aromatic rings. The van der Waals surface area contributed by atoms with Gasteiger partial charge in [-0.1, -0.05) is 42.5 Å². The first-order valence-electron chi connectivity index (χ1n) is 9.17. The van der Waals surface area contributed by atoms with Gasteiger partial charge in [0.1, 0.15) is 18.7 Å². The zero-order chi connectivity index (χ0) is 21.0. The maximum atomic E-state index is 12.1. The van der Waals surface area contributed by atoms with Crippen LogP contribution in [-0.4, -0.2) is 46.9 Å². The van der Waals surface area contributed by atoms with Crippen LogP contribution < -0.4 is 10.6 Å². The van der Waals surface area contributed by atoms with Gasteiger partial charge in [-0.3, -0.25) is 4.79 Å². The van der Waals surface area contributed by atoms with Gasteiger partial charge in [0.2, 0.25) is 5.91 Å². The zero-order valence-corrected chi connectivity index (χ0v) is 15.8. The number of aliphatic hydroxyl groups excluding tert-OH is 1. The third-order valence-electron chi connectivity index (χ3n) is 4.83. The molecule has 2 atom stereocenters. The van der Waals surface area contributed by atoms with E-state index in [1.54, 1.807) is 0 Å². The van der Waals surface area contributed by atoms with Crippen LogP contribution in [0.15, 0.2) is 42.5 Å². The molecule has 0 bridgehead atoms. The number of hydrogen-bond donors (Lipinski definition) is 4. The van der Waals surface area contributed by atoms with E-state index in [1.807, 2.05) is 30.3 Å². The molecule has 2 aromatic carbocycles. The maximum Gasteiger partial charge on any atom is 0.408 e. The number of amides is 2. The lowest BCUT2D eigenvalue weighted by molar-refractivity contribution is -0.143. The molecule has 0 spiro atoms. The van der Waals surface area contributed by atoms with Crippen molar-refractivity contribution in [2.45, 2.75) is 32.0 Å². The number of hydrogen-bond acceptors (Lipinski definition) is 5. The summed E-state index contributed by atoms with van der Waals surface area (Å²) in [5.74, 6) is -2.10. The van der Waals surface area contributed by atoms with Crippen LogP contribution in [0.25, 0.3) is 11.1 Å². The minimum atomic E-state index is -1.43. The molecule has 1 aliphatic carbocycles. The minimum absolute atomic E-state index is 0.0473. The Morgan fingerprint density at radius 3 is 2.52 bits per heavy atom. The molecular formula is C21H22N2O6. The molecule has 0 fully saturated rings. The molecule has 2 amide bonds. The molecule has 152 valence electrons. The summed E-state index contributed by atoms with van der Waals surface area (Å²) in [6.45, 7) is 0.690. The number of aliphatic carboxylic acids is 1. The normalized spacial score (nSPS) is 13.6. The molecule has 8 heteroatoms. The van der Waals surface area contributed by atoms with Gasteiger partial charge in [0, 0.05) is 0 Å². The van der Waals surface area contributed by atoms with Crippen LogP contribution in [0.2, 0.25) is 0 Å². The maximum absolute atomic E-state index is 12.1. The zero-order valence-electron chi connectivity index (χ0n) is 15.8. The number of nitrogens with one attached hydrogen (secondary N) is 2. The van der Waals surface area contributed by atoms with E-state index in [1.165, 1.54) is 18.1 Å². The van der Waals surface area contributed by atoms with E-state index < -0.39 is 36.7 Å². The number of alkyl carbamates (subject to hydrolysis) is 1. The fourth-order valence-electron chi connectivity index (χ4n) is 3.27. The van der Waals surface area contributed by atoms with Crippen molar-refractivity contribution in [3.63, 3.8) is 0 Å². The Morgan fingerprint density at radius 1 is 1.07 bits per heavy atom. The fourth-order valence-corrected chi connectivity index (χ4v) is 3.27. The van der Waals surface area contributed by atoms with Gasteiger partial charge in [-0.25, -0.2) is 9.59 Å². The summed E-state index contributed by atoms with van der Waals surface area (Å²) in [5.41, 5.74) is 5.52. The molecule has 0 aliphatic heterocycles. The van der Waals surface area contributed by atoms with Crippen LogP contribution in [-0.2, 0) is 27.4 Å². The molecule has 29 heavy (non-hydrogen) atoms. The Morgan fingerprint density at radius 2 is 1.79 bits per heavy atom. The summed E-state index contributed by atoms with van der Waals surface area (Å²) in [6.07, 6.45) is -0.0277. The van der Waals surface area contributed by atoms with E-state index in [0.717, 1.165) is 23.1 Å². The van der Waals surface area contributed by atoms with Gasteiger partial charge in [0.15, 0.2) is 0 Å². The SMILES string of the molecule is C[C@H](NC(=O)OCc1cccc2c1Cc1ccccc1-2)C(=O)N[C@@H](CO)C(=O)O. The molecular weight excluding hydrogens is 376 g/mol. The van der Waals surface area contributed by atoms with E-state index in [2.05, 4.69) is 22.8 Å². The number of carbonyl (C=O) groups is 3. The Labute approximate surface area is 167 Å². The topological polar surface area (TPSA) is 125 Å². The van der Waals surface area contributed by atoms with E-state index in [0.29, 0.717) is 0 Å². The average Bonchev–Trinajstić information content (AvgIpc) is 3.09. The highest BCUT2D eigenvalue weighted by molar-refractivity contribution is 5.89. The lowest BCUT2D eigenvalue weighted by Gasteiger charge is -2.17. The van der Waals surface area contributed by atoms with E-state index >= 15 is 0 Å². The molecule has 8 nitrogen and oxygen atoms in total. The second-order valence-electron chi connectivity index (χ2n) is 6.80. The standard InChI is InChI=1S/C21H22N2O6/c1-12(19(25)23-18(10-24)20(26)27)22-21(28)29-11-14-6-4-8-16-15-7-3-2-5-13(15)9-17(14)16/h2-8,12,18,24H,9-11H2,1H3,(H,22,28)(H,23,25)(H,26,27)/t12-,18-/m0/s1. The minimum Gasteiger partial charge on any atom is -0.480 e. The number of carboxylic acid groups (broad SMARTS) is 1. The van der Waals surface area contributed by atoms with Gasteiger partial charge in [-0.05, 0) is 41.2 Å². The summed E-state index contributed by atoms with van der Waals surface area (Å²) in [5, 5.41) is 22.3. The van der Waals surface area contributed by atoms with Crippen LogP contribution in [0, 0.1) is 0 Å². The van der Waals surface area contributed by atoms with Crippen LogP contribution in [0.4, 0.5) is 4.79 Å². The van der Waals surface area contributed by atoms with Crippen molar-refractivity contribution >= 4 is 18.0 Å². The van der Waals surface area contributed by atoms with Crippen LogP contribution in [0.3, 0.4) is 0 Å². The van der Waals surface area contributed by atoms with Crippen LogP contribution in [0.1, 0.15) is 23.6 Å². The Bertz CT molecular complexity index is 943. The summed E-state index contributed by atoms with van der Waals surface area (Å²) >= 11 is 0. The van der Waals surface area contributed by atoms with Gasteiger partial charge in [-0.2, -0.15) is 0 Å². The number of benzene rings is 2. The monoisotopic (exact) mass is 398 g/mol. The molecule has 4 N–H and O–H groups in total. The Hall–Kier alpha value is -3.39. The van der Waals surface area contributed by atoms with Crippen molar-refractivity contribution in [1.82, 2.24) is 10.6 Å². The largest absolute Gasteiger partial charge is 0.480 e. The van der Waals surface area contributed by atoms with Gasteiger partial charge in [-0.15, -0.1) is 0 Å². The predicted molar refractivity (Wildman–Crippen MR) is 104 cm³/mol. The molecule has 0 saturated heterocycles. The molecule has 0 saturated carbocycles. The smallest absolute Gasteiger partial charge is 0.408 e. The van der Waals surface area contributed by atoms with Gasteiger partial charge < -0.3 is 25.6 Å². The number of carbonyl (C=O) groups excluding carboxylic acids is 2. The summed E-state index contributed by atoms with van der Waals surface area (Å²) in [4.78, 5) is 34.9. The average molecular weight is 398 g/mol. The quantitative estimate of drug-likeness (QED) is 0.477. The van der Waals surface area contributed by atoms with E-state index in [-0.39, 0.29) is 6.61 Å². The number of ether oxygens (including phenoxy) is 1.